The van der Waals surface area contributed by atoms with Crippen LogP contribution in [0.25, 0.3) is 0 Å². The number of amides is 2. The third-order valence-electron chi connectivity index (χ3n) is 6.98. The van der Waals surface area contributed by atoms with Crippen LogP contribution in [0.3, 0.4) is 0 Å². The average Bonchev–Trinajstić information content (AvgIpc) is 3.31. The summed E-state index contributed by atoms with van der Waals surface area (Å²) < 4.78 is 0. The molecule has 0 aromatic carbocycles. The number of nitrogens with two attached hydrogens (primary N) is 1. The molecule has 4 fully saturated rings. The van der Waals surface area contributed by atoms with E-state index in [1.165, 1.54) is 12.8 Å². The van der Waals surface area contributed by atoms with Crippen LogP contribution in [-0.2, 0) is 9.59 Å². The smallest absolute Gasteiger partial charge is 0.236 e. The highest BCUT2D eigenvalue weighted by atomic mass is 35.5. The average molecular weight is 421 g/mol. The van der Waals surface area contributed by atoms with Crippen LogP contribution < -0.4 is 5.73 Å². The number of carbonyl (C=O) groups is 2. The first-order valence-electron chi connectivity index (χ1n) is 10.2. The zero-order chi connectivity index (χ0) is 17.4. The molecule has 4 rings (SSSR count). The second kappa shape index (κ2) is 9.77. The highest BCUT2D eigenvalue weighted by molar-refractivity contribution is 5.85. The van der Waals surface area contributed by atoms with E-state index in [2.05, 4.69) is 4.90 Å². The van der Waals surface area contributed by atoms with Gasteiger partial charge in [-0.25, -0.2) is 0 Å². The number of rotatable bonds is 3. The standard InChI is InChI=1S/C19H32N4O2.2ClH/c20-18-15-5-4-14(12-15)17(18)19(25)23-9-3-6-21(10-11-23)13-16(24)22-7-1-2-8-22;;/h14-15,17-18H,1-13,20H2;2*1H. The lowest BCUT2D eigenvalue weighted by molar-refractivity contribution is -0.137. The number of hydrogen-bond donors (Lipinski definition) is 1. The van der Waals surface area contributed by atoms with Crippen LogP contribution in [0.4, 0.5) is 0 Å². The minimum Gasteiger partial charge on any atom is -0.342 e. The maximum atomic E-state index is 13.0. The van der Waals surface area contributed by atoms with Gasteiger partial charge in [-0.1, -0.05) is 0 Å². The molecule has 2 saturated heterocycles. The van der Waals surface area contributed by atoms with E-state index in [1.54, 1.807) is 0 Å². The molecular weight excluding hydrogens is 387 g/mol. The van der Waals surface area contributed by atoms with Crippen molar-refractivity contribution in [1.82, 2.24) is 14.7 Å². The summed E-state index contributed by atoms with van der Waals surface area (Å²) in [5.41, 5.74) is 6.37. The lowest BCUT2D eigenvalue weighted by Gasteiger charge is -2.32. The van der Waals surface area contributed by atoms with Crippen molar-refractivity contribution in [1.29, 1.82) is 0 Å². The highest BCUT2D eigenvalue weighted by Gasteiger charge is 2.50. The summed E-state index contributed by atoms with van der Waals surface area (Å²) >= 11 is 0. The summed E-state index contributed by atoms with van der Waals surface area (Å²) in [4.78, 5) is 31.7. The van der Waals surface area contributed by atoms with Crippen LogP contribution in [-0.4, -0.2) is 78.4 Å². The van der Waals surface area contributed by atoms with Crippen LogP contribution in [0.5, 0.6) is 0 Å². The van der Waals surface area contributed by atoms with E-state index in [0.717, 1.165) is 65.0 Å². The Kier molecular flexibility index (Phi) is 8.22. The summed E-state index contributed by atoms with van der Waals surface area (Å²) in [5.74, 6) is 1.68. The normalized spacial score (nSPS) is 33.4. The lowest BCUT2D eigenvalue weighted by atomic mass is 9.84. The van der Waals surface area contributed by atoms with Crippen molar-refractivity contribution in [3.63, 3.8) is 0 Å². The molecule has 2 saturated carbocycles. The number of likely N-dealkylation sites (tertiary alicyclic amines) is 1. The first-order valence-corrected chi connectivity index (χ1v) is 10.2. The van der Waals surface area contributed by atoms with Crippen molar-refractivity contribution in [2.45, 2.75) is 44.6 Å². The van der Waals surface area contributed by atoms with E-state index < -0.39 is 0 Å². The summed E-state index contributed by atoms with van der Waals surface area (Å²) in [6.07, 6.45) is 6.77. The first-order chi connectivity index (χ1) is 12.1. The molecule has 2 bridgehead atoms. The molecule has 2 aliphatic carbocycles. The summed E-state index contributed by atoms with van der Waals surface area (Å²) in [7, 11) is 0. The molecule has 2 aliphatic heterocycles. The summed E-state index contributed by atoms with van der Waals surface area (Å²) in [5, 5.41) is 0. The Morgan fingerprint density at radius 1 is 0.815 bits per heavy atom. The van der Waals surface area contributed by atoms with Crippen LogP contribution >= 0.6 is 24.8 Å². The molecule has 0 spiro atoms. The molecule has 0 aromatic heterocycles. The maximum absolute atomic E-state index is 13.0. The van der Waals surface area contributed by atoms with Crippen LogP contribution in [0.1, 0.15) is 38.5 Å². The molecule has 4 atom stereocenters. The van der Waals surface area contributed by atoms with Gasteiger partial charge in [-0.05, 0) is 50.4 Å². The van der Waals surface area contributed by atoms with Crippen molar-refractivity contribution in [3.05, 3.63) is 0 Å². The quantitative estimate of drug-likeness (QED) is 0.747. The van der Waals surface area contributed by atoms with Gasteiger partial charge in [-0.3, -0.25) is 14.5 Å². The van der Waals surface area contributed by atoms with Gasteiger partial charge in [0, 0.05) is 45.3 Å². The molecule has 27 heavy (non-hydrogen) atoms. The third-order valence-corrected chi connectivity index (χ3v) is 6.98. The lowest BCUT2D eigenvalue weighted by Crippen LogP contribution is -2.48. The van der Waals surface area contributed by atoms with Crippen LogP contribution in [0.15, 0.2) is 0 Å². The van der Waals surface area contributed by atoms with E-state index in [1.807, 2.05) is 9.80 Å². The monoisotopic (exact) mass is 420 g/mol. The number of halogens is 2. The van der Waals surface area contributed by atoms with Gasteiger partial charge in [0.15, 0.2) is 0 Å². The molecule has 4 unspecified atom stereocenters. The Morgan fingerprint density at radius 3 is 2.15 bits per heavy atom. The van der Waals surface area contributed by atoms with E-state index >= 15 is 0 Å². The Bertz CT molecular complexity index is 528. The third kappa shape index (κ3) is 4.72. The van der Waals surface area contributed by atoms with Gasteiger partial charge in [0.05, 0.1) is 12.5 Å². The van der Waals surface area contributed by atoms with Crippen molar-refractivity contribution in [2.24, 2.45) is 23.5 Å². The Balaban J connectivity index is 0.00000131. The van der Waals surface area contributed by atoms with Crippen molar-refractivity contribution < 1.29 is 9.59 Å². The van der Waals surface area contributed by atoms with Crippen molar-refractivity contribution in [2.75, 3.05) is 45.8 Å². The second-order valence-corrected chi connectivity index (χ2v) is 8.48. The minimum atomic E-state index is 0. The van der Waals surface area contributed by atoms with Gasteiger partial charge in [-0.15, -0.1) is 24.8 Å². The Labute approximate surface area is 175 Å². The topological polar surface area (TPSA) is 69.9 Å². The van der Waals surface area contributed by atoms with E-state index in [9.17, 15) is 9.59 Å². The fourth-order valence-corrected chi connectivity index (χ4v) is 5.52. The van der Waals surface area contributed by atoms with Gasteiger partial charge >= 0.3 is 0 Å². The molecule has 2 heterocycles. The molecule has 6 nitrogen and oxygen atoms in total. The van der Waals surface area contributed by atoms with Gasteiger partial charge in [0.1, 0.15) is 0 Å². The molecule has 4 aliphatic rings. The number of nitrogens with zero attached hydrogens (tertiary/aromatic N) is 3. The number of hydrogen-bond acceptors (Lipinski definition) is 4. The van der Waals surface area contributed by atoms with Gasteiger partial charge in [0.2, 0.25) is 11.8 Å². The highest BCUT2D eigenvalue weighted by Crippen LogP contribution is 2.48. The summed E-state index contributed by atoms with van der Waals surface area (Å²) in [6, 6.07) is 0.0716. The van der Waals surface area contributed by atoms with E-state index in [-0.39, 0.29) is 48.6 Å². The van der Waals surface area contributed by atoms with Gasteiger partial charge in [0.25, 0.3) is 0 Å². The van der Waals surface area contributed by atoms with Gasteiger partial charge < -0.3 is 15.5 Å². The second-order valence-electron chi connectivity index (χ2n) is 8.48. The van der Waals surface area contributed by atoms with E-state index in [4.69, 9.17) is 5.73 Å². The zero-order valence-electron chi connectivity index (χ0n) is 16.1. The predicted octanol–water partition coefficient (Wildman–Crippen LogP) is 1.36. The predicted molar refractivity (Wildman–Crippen MR) is 110 cm³/mol. The van der Waals surface area contributed by atoms with Gasteiger partial charge in [-0.2, -0.15) is 0 Å². The molecule has 8 heteroatoms. The SMILES string of the molecule is Cl.Cl.NC1C2CCC(C2)C1C(=O)N1CCCN(CC(=O)N2CCCC2)CC1. The fraction of sp³-hybridized carbons (Fsp3) is 0.895. The van der Waals surface area contributed by atoms with Crippen LogP contribution in [0.2, 0.25) is 0 Å². The van der Waals surface area contributed by atoms with Crippen molar-refractivity contribution in [3.8, 4) is 0 Å². The zero-order valence-corrected chi connectivity index (χ0v) is 17.7. The fourth-order valence-electron chi connectivity index (χ4n) is 5.52. The largest absolute Gasteiger partial charge is 0.342 e. The molecule has 2 amide bonds. The Hall–Kier alpha value is -0.560. The van der Waals surface area contributed by atoms with E-state index in [0.29, 0.717) is 18.4 Å². The molecule has 0 aromatic rings. The summed E-state index contributed by atoms with van der Waals surface area (Å²) in [6.45, 7) is 5.61. The molecule has 156 valence electrons. The molecular formula is C19H34Cl2N4O2. The molecule has 2 N–H and O–H groups in total. The maximum Gasteiger partial charge on any atom is 0.236 e. The first kappa shape index (κ1) is 22.7. The Morgan fingerprint density at radius 2 is 1.48 bits per heavy atom. The van der Waals surface area contributed by atoms with Crippen molar-refractivity contribution >= 4 is 36.6 Å². The van der Waals surface area contributed by atoms with Crippen LogP contribution in [0, 0.1) is 17.8 Å². The minimum absolute atomic E-state index is 0. The number of fused-ring (bicyclic) bond motifs is 2. The number of carbonyl (C=O) groups excluding carboxylic acids is 2. The molecule has 0 radical (unpaired) electrons.